The van der Waals surface area contributed by atoms with Crippen LogP contribution in [0.15, 0.2) is 57.2 Å². The number of benzene rings is 2. The fraction of sp³-hybridized carbons (Fsp3) is 0.211. The van der Waals surface area contributed by atoms with Crippen LogP contribution >= 0.6 is 34.7 Å². The van der Waals surface area contributed by atoms with E-state index in [9.17, 15) is 4.79 Å². The molecule has 27 heavy (non-hydrogen) atoms. The third kappa shape index (κ3) is 5.69. The van der Waals surface area contributed by atoms with Crippen molar-refractivity contribution in [1.82, 2.24) is 10.2 Å². The van der Waals surface area contributed by atoms with Gasteiger partial charge in [0.25, 0.3) is 0 Å². The number of carbonyl (C=O) groups excluding carboxylic acids is 1. The van der Waals surface area contributed by atoms with E-state index < -0.39 is 0 Å². The normalized spacial score (nSPS) is 10.8. The molecule has 1 N–H and O–H groups in total. The van der Waals surface area contributed by atoms with Crippen LogP contribution in [-0.2, 0) is 11.2 Å². The molecule has 3 aromatic rings. The second kappa shape index (κ2) is 9.21. The fourth-order valence-corrected chi connectivity index (χ4v) is 4.09. The first-order chi connectivity index (χ1) is 13.0. The number of aromatic nitrogens is 2. The van der Waals surface area contributed by atoms with Gasteiger partial charge in [0.1, 0.15) is 11.3 Å². The van der Waals surface area contributed by atoms with Gasteiger partial charge in [-0.2, -0.15) is 0 Å². The molecule has 0 atom stereocenters. The third-order valence-corrected chi connectivity index (χ3v) is 5.72. The Morgan fingerprint density at radius 1 is 1.30 bits per heavy atom. The van der Waals surface area contributed by atoms with Crippen LogP contribution in [0, 0.1) is 0 Å². The maximum Gasteiger partial charge on any atom is 0.228 e. The van der Waals surface area contributed by atoms with E-state index in [2.05, 4.69) is 15.5 Å². The number of hydrogen-bond donors (Lipinski definition) is 1. The van der Waals surface area contributed by atoms with E-state index in [4.69, 9.17) is 16.3 Å². The molecule has 0 aliphatic heterocycles. The number of ether oxygens (including phenoxy) is 1. The summed E-state index contributed by atoms with van der Waals surface area (Å²) in [4.78, 5) is 13.3. The minimum absolute atomic E-state index is 0.0473. The second-order valence-corrected chi connectivity index (χ2v) is 8.48. The Morgan fingerprint density at radius 2 is 2.11 bits per heavy atom. The zero-order valence-corrected chi connectivity index (χ0v) is 17.2. The Morgan fingerprint density at radius 3 is 2.81 bits per heavy atom. The first-order valence-corrected chi connectivity index (χ1v) is 10.4. The molecule has 1 amide bonds. The Bertz CT molecular complexity index is 917. The average Bonchev–Trinajstić information content (AvgIpc) is 3.12. The first-order valence-electron chi connectivity index (χ1n) is 8.29. The Balaban J connectivity index is 1.65. The van der Waals surface area contributed by atoms with Gasteiger partial charge in [-0.3, -0.25) is 4.79 Å². The summed E-state index contributed by atoms with van der Waals surface area (Å²) < 4.78 is 6.58. The monoisotopic (exact) mass is 419 g/mol. The SMILES string of the molecule is CC(C)Oc1ccccc1CC(=O)Nc1ccc(Sc2nncs2)c(Cl)c1. The minimum Gasteiger partial charge on any atom is -0.491 e. The number of halogens is 1. The highest BCUT2D eigenvalue weighted by atomic mass is 35.5. The largest absolute Gasteiger partial charge is 0.491 e. The van der Waals surface area contributed by atoms with Gasteiger partial charge in [0.2, 0.25) is 5.91 Å². The molecular weight excluding hydrogens is 402 g/mol. The van der Waals surface area contributed by atoms with Crippen molar-refractivity contribution in [3.8, 4) is 5.75 Å². The fourth-order valence-electron chi connectivity index (χ4n) is 2.36. The standard InChI is InChI=1S/C19H18ClN3O2S2/c1-12(2)25-16-6-4-3-5-13(16)9-18(24)22-14-7-8-17(15(20)10-14)27-19-23-21-11-26-19/h3-8,10-12H,9H2,1-2H3,(H,22,24). The predicted octanol–water partition coefficient (Wildman–Crippen LogP) is 5.31. The van der Waals surface area contributed by atoms with Gasteiger partial charge in [0, 0.05) is 16.1 Å². The summed E-state index contributed by atoms with van der Waals surface area (Å²) in [7, 11) is 0. The molecule has 8 heteroatoms. The van der Waals surface area contributed by atoms with E-state index >= 15 is 0 Å². The van der Waals surface area contributed by atoms with Crippen molar-refractivity contribution in [2.45, 2.75) is 35.6 Å². The van der Waals surface area contributed by atoms with Crippen molar-refractivity contribution in [3.63, 3.8) is 0 Å². The number of anilines is 1. The summed E-state index contributed by atoms with van der Waals surface area (Å²) in [5, 5.41) is 11.2. The van der Waals surface area contributed by atoms with Crippen LogP contribution in [0.25, 0.3) is 0 Å². The van der Waals surface area contributed by atoms with Crippen LogP contribution in [0.5, 0.6) is 5.75 Å². The molecule has 0 spiro atoms. The van der Waals surface area contributed by atoms with Crippen LogP contribution in [0.3, 0.4) is 0 Å². The zero-order chi connectivity index (χ0) is 19.2. The average molecular weight is 420 g/mol. The van der Waals surface area contributed by atoms with Crippen molar-refractivity contribution in [2.24, 2.45) is 0 Å². The highest BCUT2D eigenvalue weighted by molar-refractivity contribution is 8.01. The molecule has 0 aliphatic carbocycles. The number of hydrogen-bond acceptors (Lipinski definition) is 6. The quantitative estimate of drug-likeness (QED) is 0.562. The number of rotatable bonds is 7. The predicted molar refractivity (Wildman–Crippen MR) is 110 cm³/mol. The molecule has 1 heterocycles. The molecule has 1 aromatic heterocycles. The zero-order valence-electron chi connectivity index (χ0n) is 14.8. The number of nitrogens with one attached hydrogen (secondary N) is 1. The molecular formula is C19H18ClN3O2S2. The number of nitrogens with zero attached hydrogens (tertiary/aromatic N) is 2. The highest BCUT2D eigenvalue weighted by Crippen LogP contribution is 2.35. The summed E-state index contributed by atoms with van der Waals surface area (Å²) in [5.41, 5.74) is 3.16. The molecule has 0 unspecified atom stereocenters. The van der Waals surface area contributed by atoms with E-state index in [-0.39, 0.29) is 18.4 Å². The van der Waals surface area contributed by atoms with Gasteiger partial charge in [-0.05, 0) is 38.1 Å². The Labute approximate surface area is 171 Å². The number of para-hydroxylation sites is 1. The van der Waals surface area contributed by atoms with E-state index in [1.807, 2.05) is 50.2 Å². The smallest absolute Gasteiger partial charge is 0.228 e. The van der Waals surface area contributed by atoms with Gasteiger partial charge in [-0.25, -0.2) is 0 Å². The molecule has 0 saturated carbocycles. The molecule has 3 rings (SSSR count). The summed E-state index contributed by atoms with van der Waals surface area (Å²) in [6.07, 6.45) is 0.271. The first kappa shape index (κ1) is 19.7. The second-order valence-electron chi connectivity index (χ2n) is 5.95. The van der Waals surface area contributed by atoms with Gasteiger partial charge < -0.3 is 10.1 Å². The molecule has 0 bridgehead atoms. The van der Waals surface area contributed by atoms with E-state index in [0.29, 0.717) is 10.7 Å². The number of amides is 1. The van der Waals surface area contributed by atoms with Crippen molar-refractivity contribution in [3.05, 3.63) is 58.6 Å². The summed E-state index contributed by atoms with van der Waals surface area (Å²) in [5.74, 6) is 0.597. The molecule has 0 radical (unpaired) electrons. The van der Waals surface area contributed by atoms with Gasteiger partial charge >= 0.3 is 0 Å². The van der Waals surface area contributed by atoms with Crippen LogP contribution in [0.2, 0.25) is 5.02 Å². The lowest BCUT2D eigenvalue weighted by atomic mass is 10.1. The van der Waals surface area contributed by atoms with Gasteiger partial charge in [0.15, 0.2) is 4.34 Å². The van der Waals surface area contributed by atoms with Crippen molar-refractivity contribution < 1.29 is 9.53 Å². The summed E-state index contributed by atoms with van der Waals surface area (Å²) in [6, 6.07) is 13.0. The van der Waals surface area contributed by atoms with Crippen molar-refractivity contribution in [1.29, 1.82) is 0 Å². The van der Waals surface area contributed by atoms with Gasteiger partial charge in [0.05, 0.1) is 17.5 Å². The lowest BCUT2D eigenvalue weighted by molar-refractivity contribution is -0.115. The maximum atomic E-state index is 12.4. The molecule has 140 valence electrons. The highest BCUT2D eigenvalue weighted by Gasteiger charge is 2.12. The minimum atomic E-state index is -0.129. The van der Waals surface area contributed by atoms with Gasteiger partial charge in [-0.15, -0.1) is 10.2 Å². The molecule has 5 nitrogen and oxygen atoms in total. The number of carbonyl (C=O) groups is 1. The molecule has 2 aromatic carbocycles. The van der Waals surface area contributed by atoms with Crippen LogP contribution in [0.4, 0.5) is 5.69 Å². The van der Waals surface area contributed by atoms with E-state index in [1.54, 1.807) is 11.6 Å². The van der Waals surface area contributed by atoms with E-state index in [1.165, 1.54) is 23.1 Å². The third-order valence-electron chi connectivity index (χ3n) is 3.44. The summed E-state index contributed by atoms with van der Waals surface area (Å²) in [6.45, 7) is 3.92. The lowest BCUT2D eigenvalue weighted by Crippen LogP contribution is -2.16. The molecule has 0 fully saturated rings. The van der Waals surface area contributed by atoms with Crippen LogP contribution < -0.4 is 10.1 Å². The van der Waals surface area contributed by atoms with E-state index in [0.717, 1.165) is 20.5 Å². The van der Waals surface area contributed by atoms with Crippen LogP contribution in [-0.4, -0.2) is 22.2 Å². The Hall–Kier alpha value is -2.09. The van der Waals surface area contributed by atoms with Crippen molar-refractivity contribution in [2.75, 3.05) is 5.32 Å². The lowest BCUT2D eigenvalue weighted by Gasteiger charge is -2.14. The molecule has 0 saturated heterocycles. The Kier molecular flexibility index (Phi) is 6.71. The van der Waals surface area contributed by atoms with Gasteiger partial charge in [-0.1, -0.05) is 52.9 Å². The summed E-state index contributed by atoms with van der Waals surface area (Å²) >= 11 is 9.23. The van der Waals surface area contributed by atoms with Crippen molar-refractivity contribution >= 4 is 46.3 Å². The topological polar surface area (TPSA) is 64.1 Å². The maximum absolute atomic E-state index is 12.4. The van der Waals surface area contributed by atoms with Crippen LogP contribution in [0.1, 0.15) is 19.4 Å². The molecule has 0 aliphatic rings.